The molecule has 2 N–H and O–H groups in total. The average Bonchev–Trinajstić information content (AvgIpc) is 3.00. The number of rotatable bonds is 6. The molecule has 1 saturated heterocycles. The van der Waals surface area contributed by atoms with Gasteiger partial charge in [-0.2, -0.15) is 5.10 Å². The Bertz CT molecular complexity index is 452. The predicted molar refractivity (Wildman–Crippen MR) is 77.2 cm³/mol. The van der Waals surface area contributed by atoms with Gasteiger partial charge in [0.1, 0.15) is 12.4 Å². The highest BCUT2D eigenvalue weighted by molar-refractivity contribution is 5.76. The molecule has 1 aromatic rings. The van der Waals surface area contributed by atoms with Crippen LogP contribution in [-0.2, 0) is 16.1 Å². The number of carbonyl (C=O) groups excluding carboxylic acids is 1. The third kappa shape index (κ3) is 3.96. The lowest BCUT2D eigenvalue weighted by Gasteiger charge is -2.18. The number of aromatic nitrogens is 2. The number of hydrogen-bond acceptors (Lipinski definition) is 4. The van der Waals surface area contributed by atoms with E-state index < -0.39 is 0 Å². The zero-order valence-corrected chi connectivity index (χ0v) is 12.3. The second-order valence-electron chi connectivity index (χ2n) is 5.46. The molecule has 0 aliphatic carbocycles. The molecule has 6 heteroatoms. The number of ether oxygens (including phenoxy) is 1. The normalized spacial score (nSPS) is 18.4. The Morgan fingerprint density at radius 1 is 1.65 bits per heavy atom. The minimum atomic E-state index is 0.0344. The summed E-state index contributed by atoms with van der Waals surface area (Å²) in [5.74, 6) is 0.566. The van der Waals surface area contributed by atoms with Crippen LogP contribution in [0.25, 0.3) is 0 Å². The van der Waals surface area contributed by atoms with Crippen LogP contribution in [0.1, 0.15) is 31.4 Å². The van der Waals surface area contributed by atoms with E-state index in [9.17, 15) is 4.79 Å². The number of nitrogens with two attached hydrogens (primary N) is 1. The van der Waals surface area contributed by atoms with Crippen molar-refractivity contribution in [1.29, 1.82) is 0 Å². The summed E-state index contributed by atoms with van der Waals surface area (Å²) in [4.78, 5) is 13.8. The predicted octanol–water partition coefficient (Wildman–Crippen LogP) is 1.19. The van der Waals surface area contributed by atoms with E-state index in [0.717, 1.165) is 44.5 Å². The number of likely N-dealkylation sites (N-methyl/N-ethyl adjacent to an activating group) is 1. The van der Waals surface area contributed by atoms with Gasteiger partial charge < -0.3 is 15.4 Å². The van der Waals surface area contributed by atoms with Crippen molar-refractivity contribution in [2.45, 2.75) is 45.3 Å². The highest BCUT2D eigenvalue weighted by Gasteiger charge is 2.16. The Morgan fingerprint density at radius 2 is 2.45 bits per heavy atom. The third-order valence-electron chi connectivity index (χ3n) is 3.69. The molecule has 1 aliphatic heterocycles. The van der Waals surface area contributed by atoms with Crippen LogP contribution in [0, 0.1) is 6.92 Å². The zero-order valence-electron chi connectivity index (χ0n) is 12.3. The van der Waals surface area contributed by atoms with Gasteiger partial charge in [-0.1, -0.05) is 0 Å². The number of aryl methyl sites for hydroxylation is 1. The molecule has 1 fully saturated rings. The van der Waals surface area contributed by atoms with Crippen LogP contribution in [0.2, 0.25) is 0 Å². The quantitative estimate of drug-likeness (QED) is 0.849. The molecule has 0 radical (unpaired) electrons. The fourth-order valence-corrected chi connectivity index (χ4v) is 2.49. The molecule has 0 unspecified atom stereocenters. The monoisotopic (exact) mass is 280 g/mol. The number of hydrogen-bond donors (Lipinski definition) is 1. The Morgan fingerprint density at radius 3 is 3.05 bits per heavy atom. The number of nitrogens with zero attached hydrogens (tertiary/aromatic N) is 3. The molecular weight excluding hydrogens is 256 g/mol. The van der Waals surface area contributed by atoms with Gasteiger partial charge in [0.25, 0.3) is 0 Å². The smallest absolute Gasteiger partial charge is 0.244 e. The van der Waals surface area contributed by atoms with Crippen LogP contribution in [0.3, 0.4) is 0 Å². The topological polar surface area (TPSA) is 73.4 Å². The van der Waals surface area contributed by atoms with Crippen LogP contribution < -0.4 is 5.73 Å². The molecule has 1 aromatic heterocycles. The maximum atomic E-state index is 12.1. The fourth-order valence-electron chi connectivity index (χ4n) is 2.49. The molecule has 2 rings (SSSR count). The fraction of sp³-hybridized carbons (Fsp3) is 0.714. The highest BCUT2D eigenvalue weighted by atomic mass is 16.5. The summed E-state index contributed by atoms with van der Waals surface area (Å²) in [6.45, 7) is 3.70. The summed E-state index contributed by atoms with van der Waals surface area (Å²) in [6, 6.07) is 1.77. The summed E-state index contributed by atoms with van der Waals surface area (Å²) in [7, 11) is 1.82. The molecule has 1 aliphatic rings. The Balaban J connectivity index is 1.72. The molecule has 112 valence electrons. The van der Waals surface area contributed by atoms with Crippen LogP contribution in [-0.4, -0.2) is 46.9 Å². The first-order valence-corrected chi connectivity index (χ1v) is 7.22. The lowest BCUT2D eigenvalue weighted by molar-refractivity contribution is -0.130. The maximum absolute atomic E-state index is 12.1. The first kappa shape index (κ1) is 14.8. The number of anilines is 1. The van der Waals surface area contributed by atoms with E-state index in [1.165, 1.54) is 0 Å². The van der Waals surface area contributed by atoms with Gasteiger partial charge in [0, 0.05) is 26.3 Å². The highest BCUT2D eigenvalue weighted by Crippen LogP contribution is 2.16. The third-order valence-corrected chi connectivity index (χ3v) is 3.69. The lowest BCUT2D eigenvalue weighted by atomic mass is 10.1. The van der Waals surface area contributed by atoms with Crippen molar-refractivity contribution >= 4 is 11.7 Å². The van der Waals surface area contributed by atoms with Crippen molar-refractivity contribution in [3.8, 4) is 0 Å². The van der Waals surface area contributed by atoms with Crippen molar-refractivity contribution in [2.75, 3.05) is 25.9 Å². The first-order chi connectivity index (χ1) is 9.56. The first-order valence-electron chi connectivity index (χ1n) is 7.22. The average molecular weight is 280 g/mol. The van der Waals surface area contributed by atoms with Crippen molar-refractivity contribution in [1.82, 2.24) is 14.7 Å². The Kier molecular flexibility index (Phi) is 5.00. The largest absolute Gasteiger partial charge is 0.384 e. The second-order valence-corrected chi connectivity index (χ2v) is 5.46. The van der Waals surface area contributed by atoms with Gasteiger partial charge in [0.2, 0.25) is 5.91 Å². The van der Waals surface area contributed by atoms with E-state index >= 15 is 0 Å². The molecule has 2 heterocycles. The van der Waals surface area contributed by atoms with Crippen molar-refractivity contribution in [2.24, 2.45) is 0 Å². The standard InChI is InChI=1S/C14H24N4O2/c1-11-9-13(15)18(16-11)10-14(19)17(2)7-3-5-12-6-4-8-20-12/h9,12H,3-8,10,15H2,1-2H3/t12-/m0/s1. The summed E-state index contributed by atoms with van der Waals surface area (Å²) >= 11 is 0. The van der Waals surface area contributed by atoms with Crippen molar-refractivity contribution in [3.05, 3.63) is 11.8 Å². The summed E-state index contributed by atoms with van der Waals surface area (Å²) in [5.41, 5.74) is 6.62. The van der Waals surface area contributed by atoms with Crippen molar-refractivity contribution < 1.29 is 9.53 Å². The Hall–Kier alpha value is -1.56. The lowest BCUT2D eigenvalue weighted by Crippen LogP contribution is -2.32. The van der Waals surface area contributed by atoms with E-state index in [0.29, 0.717) is 11.9 Å². The maximum Gasteiger partial charge on any atom is 0.244 e. The van der Waals surface area contributed by atoms with E-state index in [1.54, 1.807) is 15.6 Å². The van der Waals surface area contributed by atoms with Gasteiger partial charge in [-0.25, -0.2) is 4.68 Å². The van der Waals surface area contributed by atoms with Gasteiger partial charge in [-0.3, -0.25) is 4.79 Å². The molecule has 0 saturated carbocycles. The minimum absolute atomic E-state index is 0.0344. The van der Waals surface area contributed by atoms with Crippen LogP contribution in [0.15, 0.2) is 6.07 Å². The van der Waals surface area contributed by atoms with Gasteiger partial charge in [0.15, 0.2) is 0 Å². The number of amides is 1. The minimum Gasteiger partial charge on any atom is -0.384 e. The Labute approximate surface area is 119 Å². The van der Waals surface area contributed by atoms with Gasteiger partial charge in [0.05, 0.1) is 11.8 Å². The molecule has 6 nitrogen and oxygen atoms in total. The van der Waals surface area contributed by atoms with Gasteiger partial charge in [-0.05, 0) is 32.6 Å². The zero-order chi connectivity index (χ0) is 14.5. The van der Waals surface area contributed by atoms with E-state index in [2.05, 4.69) is 5.10 Å². The second kappa shape index (κ2) is 6.74. The molecule has 1 amide bonds. The number of nitrogen functional groups attached to an aromatic ring is 1. The molecular formula is C14H24N4O2. The molecule has 0 spiro atoms. The summed E-state index contributed by atoms with van der Waals surface area (Å²) in [6.07, 6.45) is 4.71. The molecule has 1 atom stereocenters. The molecule has 0 bridgehead atoms. The molecule has 20 heavy (non-hydrogen) atoms. The van der Waals surface area contributed by atoms with Gasteiger partial charge in [-0.15, -0.1) is 0 Å². The van der Waals surface area contributed by atoms with E-state index in [-0.39, 0.29) is 12.5 Å². The number of carbonyl (C=O) groups is 1. The summed E-state index contributed by atoms with van der Waals surface area (Å²) < 4.78 is 7.13. The van der Waals surface area contributed by atoms with Crippen LogP contribution in [0.5, 0.6) is 0 Å². The SMILES string of the molecule is Cc1cc(N)n(CC(=O)N(C)CCC[C@H]2CCCO2)n1. The summed E-state index contributed by atoms with van der Waals surface area (Å²) in [5, 5.41) is 4.20. The van der Waals surface area contributed by atoms with E-state index in [1.807, 2.05) is 14.0 Å². The molecule has 0 aromatic carbocycles. The van der Waals surface area contributed by atoms with E-state index in [4.69, 9.17) is 10.5 Å². The van der Waals surface area contributed by atoms with Crippen molar-refractivity contribution in [3.63, 3.8) is 0 Å². The van der Waals surface area contributed by atoms with Crippen LogP contribution >= 0.6 is 0 Å². The van der Waals surface area contributed by atoms with Crippen LogP contribution in [0.4, 0.5) is 5.82 Å². The van der Waals surface area contributed by atoms with Gasteiger partial charge >= 0.3 is 0 Å².